The Balaban J connectivity index is 0.000000226. The summed E-state index contributed by atoms with van der Waals surface area (Å²) >= 11 is 0. The van der Waals surface area contributed by atoms with Crippen LogP contribution in [0.1, 0.15) is 94.8 Å². The number of aliphatic hydroxyl groups is 1. The van der Waals surface area contributed by atoms with Gasteiger partial charge in [0, 0.05) is 24.4 Å². The summed E-state index contributed by atoms with van der Waals surface area (Å²) in [7, 11) is -2.68. The number of sulfonamides is 1. The Hall–Kier alpha value is -4.97. The number of Topliss-reactive ketones (excluding diaryl/α,β-unsaturated/α-hetero) is 1. The molecule has 2 aliphatic carbocycles. The fraction of sp³-hybridized carbons (Fsp3) is 0.368. The largest absolute Gasteiger partial charge is 0.511 e. The third-order valence-electron chi connectivity index (χ3n) is 8.43. The van der Waals surface area contributed by atoms with Gasteiger partial charge in [0.25, 0.3) is 21.8 Å². The van der Waals surface area contributed by atoms with Crippen LogP contribution in [0.5, 0.6) is 5.75 Å². The van der Waals surface area contributed by atoms with Gasteiger partial charge in [0.15, 0.2) is 5.78 Å². The number of carbonyl (C=O) groups is 3. The van der Waals surface area contributed by atoms with Crippen molar-refractivity contribution in [3.63, 3.8) is 0 Å². The molecule has 0 heterocycles. The first-order chi connectivity index (χ1) is 23.8. The number of nitrogens with one attached hydrogen (secondary N) is 2. The minimum absolute atomic E-state index is 0.0204. The molecule has 0 spiro atoms. The number of amides is 2. The Bertz CT molecular complexity index is 1890. The lowest BCUT2D eigenvalue weighted by Crippen LogP contribution is -2.31. The van der Waals surface area contributed by atoms with Gasteiger partial charge >= 0.3 is 0 Å². The van der Waals surface area contributed by atoms with Crippen molar-refractivity contribution in [2.75, 3.05) is 13.7 Å². The van der Waals surface area contributed by atoms with Crippen LogP contribution in [0.25, 0.3) is 0 Å². The van der Waals surface area contributed by atoms with Gasteiger partial charge in [0.2, 0.25) is 0 Å². The molecule has 1 fully saturated rings. The zero-order valence-electron chi connectivity index (χ0n) is 29.3. The van der Waals surface area contributed by atoms with Gasteiger partial charge in [-0.05, 0) is 106 Å². The molecule has 2 amide bonds. The molecule has 12 heteroatoms. The highest BCUT2D eigenvalue weighted by atomic mass is 32.2. The molecule has 3 N–H and O–H groups in total. The first-order valence-electron chi connectivity index (χ1n) is 16.6. The van der Waals surface area contributed by atoms with E-state index in [9.17, 15) is 27.9 Å². The number of ketones is 1. The van der Waals surface area contributed by atoms with E-state index in [0.29, 0.717) is 42.7 Å². The number of ether oxygens (including phenoxy) is 1. The molecule has 50 heavy (non-hydrogen) atoms. The molecule has 2 aliphatic rings. The molecule has 5 rings (SSSR count). The molecular weight excluding hydrogens is 658 g/mol. The molecule has 3 aromatic carbocycles. The van der Waals surface area contributed by atoms with Gasteiger partial charge in [0.05, 0.1) is 28.9 Å². The average Bonchev–Trinajstić information content (AvgIpc) is 3.89. The molecule has 1 unspecified atom stereocenters. The average molecular weight is 704 g/mol. The summed E-state index contributed by atoms with van der Waals surface area (Å²) in [6.07, 6.45) is 3.35. The Morgan fingerprint density at radius 1 is 0.940 bits per heavy atom. The van der Waals surface area contributed by atoms with Crippen LogP contribution in [0.3, 0.4) is 0 Å². The number of hydrogen-bond donors (Lipinski definition) is 3. The second kappa shape index (κ2) is 16.6. The fourth-order valence-electron chi connectivity index (χ4n) is 6.04. The lowest BCUT2D eigenvalue weighted by atomic mass is 9.78. The van der Waals surface area contributed by atoms with Crippen LogP contribution in [0.4, 0.5) is 0 Å². The summed E-state index contributed by atoms with van der Waals surface area (Å²) in [6.45, 7) is 10.4. The Labute approximate surface area is 293 Å². The summed E-state index contributed by atoms with van der Waals surface area (Å²) in [5, 5.41) is 17.4. The predicted octanol–water partition coefficient (Wildman–Crippen LogP) is 6.38. The molecule has 0 aliphatic heterocycles. The maximum Gasteiger partial charge on any atom is 0.268 e. The molecule has 266 valence electrons. The van der Waals surface area contributed by atoms with Gasteiger partial charge in [-0.2, -0.15) is 0 Å². The topological polar surface area (TPSA) is 160 Å². The van der Waals surface area contributed by atoms with Crippen LogP contribution in [0.15, 0.2) is 82.0 Å². The van der Waals surface area contributed by atoms with Crippen molar-refractivity contribution in [1.29, 1.82) is 0 Å². The molecule has 1 atom stereocenters. The van der Waals surface area contributed by atoms with Crippen LogP contribution in [0, 0.1) is 20.8 Å². The number of rotatable bonds is 11. The highest BCUT2D eigenvalue weighted by Crippen LogP contribution is 2.38. The summed E-state index contributed by atoms with van der Waals surface area (Å²) < 4.78 is 31.9. The van der Waals surface area contributed by atoms with Crippen LogP contribution in [0.2, 0.25) is 0 Å². The summed E-state index contributed by atoms with van der Waals surface area (Å²) in [5.74, 6) is -0.661. The zero-order chi connectivity index (χ0) is 36.6. The van der Waals surface area contributed by atoms with Crippen molar-refractivity contribution >= 4 is 33.3 Å². The summed E-state index contributed by atoms with van der Waals surface area (Å²) in [4.78, 5) is 41.9. The third kappa shape index (κ3) is 9.38. The smallest absolute Gasteiger partial charge is 0.268 e. The summed E-state index contributed by atoms with van der Waals surface area (Å²) in [6, 6.07) is 16.2. The lowest BCUT2D eigenvalue weighted by Gasteiger charge is -2.27. The normalized spacial score (nSPS) is 16.2. The van der Waals surface area contributed by atoms with E-state index >= 15 is 0 Å². The number of aryl methyl sites for hydroxylation is 3. The van der Waals surface area contributed by atoms with E-state index in [-0.39, 0.29) is 45.6 Å². The Kier molecular flexibility index (Phi) is 12.6. The SMILES string of the molecule is CCO/N=C(\CC)C1=C(O)CC(c2c(C)cc(C)cc2C)CC1=O.COc1ccccc1C(=O)NS(=O)(=O)c1ccc(C(=O)NC2CC2)cc1. The number of nitrogens with zero attached hydrogens (tertiary/aromatic N) is 1. The lowest BCUT2D eigenvalue weighted by molar-refractivity contribution is -0.116. The van der Waals surface area contributed by atoms with Crippen molar-refractivity contribution in [1.82, 2.24) is 10.0 Å². The number of aliphatic hydroxyl groups excluding tert-OH is 1. The minimum atomic E-state index is -4.07. The molecule has 0 aromatic heterocycles. The van der Waals surface area contributed by atoms with Crippen molar-refractivity contribution < 1.29 is 37.5 Å². The van der Waals surface area contributed by atoms with E-state index in [0.717, 1.165) is 12.8 Å². The number of oxime groups is 1. The third-order valence-corrected chi connectivity index (χ3v) is 9.78. The molecule has 1 saturated carbocycles. The monoisotopic (exact) mass is 703 g/mol. The van der Waals surface area contributed by atoms with Crippen molar-refractivity contribution in [2.24, 2.45) is 5.16 Å². The van der Waals surface area contributed by atoms with E-state index in [4.69, 9.17) is 9.57 Å². The van der Waals surface area contributed by atoms with Crippen LogP contribution in [-0.2, 0) is 19.7 Å². The zero-order valence-corrected chi connectivity index (χ0v) is 30.1. The molecular formula is C38H45N3O8S. The molecule has 0 bridgehead atoms. The number of hydrogen-bond acceptors (Lipinski definition) is 9. The number of methoxy groups -OCH3 is 1. The fourth-order valence-corrected chi connectivity index (χ4v) is 7.01. The van der Waals surface area contributed by atoms with Gasteiger partial charge in [-0.25, -0.2) is 13.1 Å². The van der Waals surface area contributed by atoms with E-state index in [2.05, 4.69) is 43.4 Å². The van der Waals surface area contributed by atoms with E-state index in [1.165, 1.54) is 59.7 Å². The standard InChI is InChI=1S/C20H27NO3.C18H18N2O5S/c1-6-16(21-24-7-2)20-17(22)10-15(11-18(20)23)19-13(4)8-12(3)9-14(19)5;1-25-16-5-3-2-4-15(16)18(22)20-26(23,24)14-10-6-12(7-11-14)17(21)19-13-8-9-13/h8-9,15,22H,6-7,10-11H2,1-5H3;2-7,10-11,13H,8-9H2,1H3,(H,19,21)(H,20,22)/b21-16+;. The number of benzene rings is 3. The quantitative estimate of drug-likeness (QED) is 0.153. The van der Waals surface area contributed by atoms with Crippen molar-refractivity contribution in [3.05, 3.63) is 105 Å². The van der Waals surface area contributed by atoms with Crippen molar-refractivity contribution in [2.45, 2.75) is 83.6 Å². The second-order valence-corrected chi connectivity index (χ2v) is 14.1. The number of carbonyl (C=O) groups excluding carboxylic acids is 3. The van der Waals surface area contributed by atoms with E-state index in [1.807, 2.05) is 18.6 Å². The highest BCUT2D eigenvalue weighted by Gasteiger charge is 2.32. The van der Waals surface area contributed by atoms with E-state index < -0.39 is 15.9 Å². The van der Waals surface area contributed by atoms with Gasteiger partial charge < -0.3 is 20.0 Å². The molecule has 11 nitrogen and oxygen atoms in total. The Morgan fingerprint density at radius 3 is 2.14 bits per heavy atom. The number of allylic oxidation sites excluding steroid dienone is 2. The van der Waals surface area contributed by atoms with Gasteiger partial charge in [-0.15, -0.1) is 0 Å². The van der Waals surface area contributed by atoms with Gasteiger partial charge in [-0.3, -0.25) is 14.4 Å². The van der Waals surface area contributed by atoms with E-state index in [1.54, 1.807) is 18.2 Å². The maximum atomic E-state index is 12.7. The van der Waals surface area contributed by atoms with Crippen LogP contribution in [-0.4, -0.2) is 56.6 Å². The molecule has 3 aromatic rings. The van der Waals surface area contributed by atoms with Crippen molar-refractivity contribution in [3.8, 4) is 5.75 Å². The van der Waals surface area contributed by atoms with Crippen LogP contribution < -0.4 is 14.8 Å². The first-order valence-corrected chi connectivity index (χ1v) is 18.1. The first kappa shape index (κ1) is 37.8. The second-order valence-electron chi connectivity index (χ2n) is 12.4. The molecule has 0 saturated heterocycles. The highest BCUT2D eigenvalue weighted by molar-refractivity contribution is 7.90. The molecule has 0 radical (unpaired) electrons. The minimum Gasteiger partial charge on any atom is -0.511 e. The Morgan fingerprint density at radius 2 is 1.58 bits per heavy atom. The summed E-state index contributed by atoms with van der Waals surface area (Å²) in [5.41, 5.74) is 6.12. The predicted molar refractivity (Wildman–Crippen MR) is 191 cm³/mol. The van der Waals surface area contributed by atoms with Crippen LogP contribution >= 0.6 is 0 Å². The number of para-hydroxylation sites is 1. The maximum absolute atomic E-state index is 12.7. The van der Waals surface area contributed by atoms with Gasteiger partial charge in [-0.1, -0.05) is 41.9 Å². The van der Waals surface area contributed by atoms with Gasteiger partial charge in [0.1, 0.15) is 18.1 Å².